The molecule has 2 heterocycles. The van der Waals surface area contributed by atoms with Crippen LogP contribution < -0.4 is 0 Å². The van der Waals surface area contributed by atoms with Crippen molar-refractivity contribution >= 4 is 12.0 Å². The van der Waals surface area contributed by atoms with E-state index in [9.17, 15) is 9.59 Å². The summed E-state index contributed by atoms with van der Waals surface area (Å²) in [4.78, 5) is 30.5. The molecule has 23 heavy (non-hydrogen) atoms. The summed E-state index contributed by atoms with van der Waals surface area (Å²) >= 11 is 0. The lowest BCUT2D eigenvalue weighted by atomic mass is 9.92. The summed E-state index contributed by atoms with van der Waals surface area (Å²) in [6.07, 6.45) is 5.65. The number of piperidine rings is 1. The van der Waals surface area contributed by atoms with E-state index >= 15 is 0 Å². The molecule has 0 unspecified atom stereocenters. The van der Waals surface area contributed by atoms with E-state index in [1.54, 1.807) is 0 Å². The second kappa shape index (κ2) is 7.99. The van der Waals surface area contributed by atoms with Gasteiger partial charge in [-0.3, -0.25) is 9.63 Å². The van der Waals surface area contributed by atoms with Crippen molar-refractivity contribution in [2.45, 2.75) is 64.9 Å². The summed E-state index contributed by atoms with van der Waals surface area (Å²) < 4.78 is 5.41. The van der Waals surface area contributed by atoms with Gasteiger partial charge in [0.15, 0.2) is 0 Å². The quantitative estimate of drug-likeness (QED) is 0.729. The van der Waals surface area contributed by atoms with E-state index in [4.69, 9.17) is 9.57 Å². The molecule has 0 aliphatic carbocycles. The highest BCUT2D eigenvalue weighted by Gasteiger charge is 2.27. The molecular formula is C17H30N2O4. The first-order valence-electron chi connectivity index (χ1n) is 8.76. The van der Waals surface area contributed by atoms with E-state index in [-0.39, 0.29) is 12.0 Å². The Morgan fingerprint density at radius 2 is 1.96 bits per heavy atom. The number of unbranched alkanes of at least 4 members (excludes halogenated alkanes) is 1. The SMILES string of the molecule is CC(C)(C)OC(=O)N1CCC(CCCCN2OCCC2=O)CC1. The fraction of sp³-hybridized carbons (Fsp3) is 0.882. The van der Waals surface area contributed by atoms with Crippen molar-refractivity contribution < 1.29 is 19.2 Å². The number of nitrogens with zero attached hydrogens (tertiary/aromatic N) is 2. The van der Waals surface area contributed by atoms with Crippen molar-refractivity contribution in [3.05, 3.63) is 0 Å². The zero-order valence-electron chi connectivity index (χ0n) is 14.7. The molecule has 0 aromatic carbocycles. The highest BCUT2D eigenvalue weighted by Crippen LogP contribution is 2.24. The molecule has 2 aliphatic heterocycles. The van der Waals surface area contributed by atoms with Crippen LogP contribution in [0.4, 0.5) is 4.79 Å². The number of likely N-dealkylation sites (tertiary alicyclic amines) is 1. The van der Waals surface area contributed by atoms with E-state index in [0.29, 0.717) is 25.5 Å². The molecule has 2 amide bonds. The Morgan fingerprint density at radius 3 is 2.52 bits per heavy atom. The van der Waals surface area contributed by atoms with Gasteiger partial charge in [0.05, 0.1) is 13.0 Å². The van der Waals surface area contributed by atoms with Crippen LogP contribution in [0.15, 0.2) is 0 Å². The standard InChI is InChI=1S/C17H30N2O4/c1-17(2,3)23-16(21)18-11-7-14(8-12-18)6-4-5-10-19-15(20)9-13-22-19/h14H,4-13H2,1-3H3. The molecule has 2 aliphatic rings. The van der Waals surface area contributed by atoms with Gasteiger partial charge in [-0.2, -0.15) is 0 Å². The number of hydrogen-bond donors (Lipinski definition) is 0. The van der Waals surface area contributed by atoms with E-state index in [1.807, 2.05) is 25.7 Å². The molecule has 6 nitrogen and oxygen atoms in total. The van der Waals surface area contributed by atoms with Gasteiger partial charge >= 0.3 is 6.09 Å². The average molecular weight is 326 g/mol. The molecule has 0 aromatic rings. The lowest BCUT2D eigenvalue weighted by molar-refractivity contribution is -0.161. The summed E-state index contributed by atoms with van der Waals surface area (Å²) in [6.45, 7) is 8.49. The Morgan fingerprint density at radius 1 is 1.26 bits per heavy atom. The number of amides is 2. The zero-order valence-corrected chi connectivity index (χ0v) is 14.7. The molecule has 0 bridgehead atoms. The molecule has 0 spiro atoms. The van der Waals surface area contributed by atoms with E-state index in [1.165, 1.54) is 5.06 Å². The lowest BCUT2D eigenvalue weighted by Gasteiger charge is -2.33. The van der Waals surface area contributed by atoms with Gasteiger partial charge in [0.1, 0.15) is 5.60 Å². The van der Waals surface area contributed by atoms with E-state index in [2.05, 4.69) is 0 Å². The maximum atomic E-state index is 12.0. The fourth-order valence-electron chi connectivity index (χ4n) is 3.05. The van der Waals surface area contributed by atoms with Crippen molar-refractivity contribution in [2.24, 2.45) is 5.92 Å². The first kappa shape index (κ1) is 18.0. The maximum Gasteiger partial charge on any atom is 0.410 e. The number of carbonyl (C=O) groups is 2. The zero-order chi connectivity index (χ0) is 16.9. The minimum atomic E-state index is -0.428. The van der Waals surface area contributed by atoms with Crippen molar-refractivity contribution in [1.29, 1.82) is 0 Å². The third-order valence-corrected chi connectivity index (χ3v) is 4.33. The van der Waals surface area contributed by atoms with Crippen LogP contribution in [0.1, 0.15) is 59.3 Å². The second-order valence-corrected chi connectivity index (χ2v) is 7.49. The van der Waals surface area contributed by atoms with Crippen LogP contribution in [-0.2, 0) is 14.4 Å². The Hall–Kier alpha value is -1.30. The predicted octanol–water partition coefficient (Wildman–Crippen LogP) is 2.97. The Bertz CT molecular complexity index is 411. The summed E-state index contributed by atoms with van der Waals surface area (Å²) in [6, 6.07) is 0. The molecule has 2 rings (SSSR count). The second-order valence-electron chi connectivity index (χ2n) is 7.49. The van der Waals surface area contributed by atoms with Crippen molar-refractivity contribution in [3.63, 3.8) is 0 Å². The third kappa shape index (κ3) is 6.01. The summed E-state index contributed by atoms with van der Waals surface area (Å²) in [5.74, 6) is 0.777. The van der Waals surface area contributed by atoms with Gasteiger partial charge in [0.25, 0.3) is 0 Å². The van der Waals surface area contributed by atoms with Gasteiger partial charge in [-0.1, -0.05) is 12.8 Å². The van der Waals surface area contributed by atoms with E-state index in [0.717, 1.165) is 45.2 Å². The first-order valence-corrected chi connectivity index (χ1v) is 8.76. The molecule has 132 valence electrons. The molecule has 0 saturated carbocycles. The average Bonchev–Trinajstić information content (AvgIpc) is 2.88. The molecule has 0 aromatic heterocycles. The van der Waals surface area contributed by atoms with Crippen LogP contribution >= 0.6 is 0 Å². The molecule has 0 atom stereocenters. The normalized spacial score (nSPS) is 20.2. The van der Waals surface area contributed by atoms with Crippen LogP contribution in [0.5, 0.6) is 0 Å². The van der Waals surface area contributed by atoms with Crippen molar-refractivity contribution in [3.8, 4) is 0 Å². The van der Waals surface area contributed by atoms with Gasteiger partial charge in [0, 0.05) is 19.6 Å². The largest absolute Gasteiger partial charge is 0.444 e. The Balaban J connectivity index is 1.58. The van der Waals surface area contributed by atoms with Gasteiger partial charge < -0.3 is 9.64 Å². The van der Waals surface area contributed by atoms with Crippen LogP contribution in [0.25, 0.3) is 0 Å². The molecule has 0 radical (unpaired) electrons. The van der Waals surface area contributed by atoms with Gasteiger partial charge in [-0.05, 0) is 46.0 Å². The first-order chi connectivity index (χ1) is 10.8. The van der Waals surface area contributed by atoms with Crippen LogP contribution in [0, 0.1) is 5.92 Å². The van der Waals surface area contributed by atoms with Gasteiger partial charge in [-0.25, -0.2) is 9.86 Å². The smallest absolute Gasteiger partial charge is 0.410 e. The minimum Gasteiger partial charge on any atom is -0.444 e. The predicted molar refractivity (Wildman–Crippen MR) is 86.7 cm³/mol. The minimum absolute atomic E-state index is 0.107. The lowest BCUT2D eigenvalue weighted by Crippen LogP contribution is -2.41. The van der Waals surface area contributed by atoms with Gasteiger partial charge in [-0.15, -0.1) is 0 Å². The molecule has 0 N–H and O–H groups in total. The van der Waals surface area contributed by atoms with Crippen molar-refractivity contribution in [1.82, 2.24) is 9.96 Å². The highest BCUT2D eigenvalue weighted by atomic mass is 16.7. The summed E-state index contributed by atoms with van der Waals surface area (Å²) in [5, 5.41) is 1.51. The summed E-state index contributed by atoms with van der Waals surface area (Å²) in [7, 11) is 0. The number of ether oxygens (including phenoxy) is 1. The monoisotopic (exact) mass is 326 g/mol. The molecule has 2 saturated heterocycles. The fourth-order valence-corrected chi connectivity index (χ4v) is 3.05. The van der Waals surface area contributed by atoms with Crippen LogP contribution in [0.2, 0.25) is 0 Å². The Kier molecular flexibility index (Phi) is 6.27. The van der Waals surface area contributed by atoms with Crippen molar-refractivity contribution in [2.75, 3.05) is 26.2 Å². The molecule has 6 heteroatoms. The molecule has 2 fully saturated rings. The number of rotatable bonds is 5. The van der Waals surface area contributed by atoms with Gasteiger partial charge in [0.2, 0.25) is 5.91 Å². The van der Waals surface area contributed by atoms with Crippen LogP contribution in [0.3, 0.4) is 0 Å². The number of hydroxylamine groups is 2. The van der Waals surface area contributed by atoms with Crippen LogP contribution in [-0.4, -0.2) is 53.8 Å². The maximum absolute atomic E-state index is 12.0. The summed E-state index contributed by atoms with van der Waals surface area (Å²) in [5.41, 5.74) is -0.428. The molecular weight excluding hydrogens is 296 g/mol. The van der Waals surface area contributed by atoms with E-state index < -0.39 is 5.60 Å². The highest BCUT2D eigenvalue weighted by molar-refractivity contribution is 5.76. The Labute approximate surface area is 139 Å². The third-order valence-electron chi connectivity index (χ3n) is 4.33. The number of carbonyl (C=O) groups excluding carboxylic acids is 2. The topological polar surface area (TPSA) is 59.1 Å². The number of hydrogen-bond acceptors (Lipinski definition) is 4.